The Morgan fingerprint density at radius 3 is 2.62 bits per heavy atom. The van der Waals surface area contributed by atoms with Crippen molar-refractivity contribution in [2.45, 2.75) is 55.9 Å². The maximum absolute atomic E-state index is 16.8. The monoisotopic (exact) mass is 833 g/mol. The van der Waals surface area contributed by atoms with Crippen LogP contribution in [-0.4, -0.2) is 120 Å². The first kappa shape index (κ1) is 41.5. The Labute approximate surface area is 346 Å². The van der Waals surface area contributed by atoms with Crippen LogP contribution in [-0.2, 0) is 25.5 Å². The predicted molar refractivity (Wildman–Crippen MR) is 225 cm³/mol. The Kier molecular flexibility index (Phi) is 13.8. The molecule has 4 heterocycles. The minimum absolute atomic E-state index is 0.00354. The fourth-order valence-corrected chi connectivity index (χ4v) is 9.71. The molecule has 7 rings (SSSR count). The number of hydrogen-bond acceptors (Lipinski definition) is 10. The number of unbranched alkanes of at least 4 members (excludes halogenated alkanes) is 1. The molecule has 0 radical (unpaired) electrons. The minimum Gasteiger partial charge on any atom is -0.508 e. The lowest BCUT2D eigenvalue weighted by Gasteiger charge is -2.35. The van der Waals surface area contributed by atoms with Crippen molar-refractivity contribution in [1.82, 2.24) is 30.8 Å². The van der Waals surface area contributed by atoms with E-state index < -0.39 is 5.82 Å². The number of aromatic hydroxyl groups is 1. The van der Waals surface area contributed by atoms with Crippen LogP contribution in [0.1, 0.15) is 37.9 Å². The van der Waals surface area contributed by atoms with Gasteiger partial charge in [0, 0.05) is 74.1 Å². The summed E-state index contributed by atoms with van der Waals surface area (Å²) in [5.74, 6) is 1.17. The second-order valence-electron chi connectivity index (χ2n) is 14.7. The van der Waals surface area contributed by atoms with Gasteiger partial charge in [-0.1, -0.05) is 48.9 Å². The van der Waals surface area contributed by atoms with Gasteiger partial charge in [0.05, 0.1) is 36.9 Å². The summed E-state index contributed by atoms with van der Waals surface area (Å²) in [5, 5.41) is 21.9. The molecular formula is C42H49ClFN7O6S. The van der Waals surface area contributed by atoms with Crippen molar-refractivity contribution < 1.29 is 33.4 Å². The number of benzene rings is 3. The van der Waals surface area contributed by atoms with Gasteiger partial charge >= 0.3 is 6.03 Å². The maximum atomic E-state index is 16.8. The molecule has 1 aromatic heterocycles. The highest BCUT2D eigenvalue weighted by Crippen LogP contribution is 2.42. The van der Waals surface area contributed by atoms with Gasteiger partial charge in [0.15, 0.2) is 5.82 Å². The Hall–Kier alpha value is -4.70. The van der Waals surface area contributed by atoms with E-state index in [1.807, 2.05) is 40.9 Å². The summed E-state index contributed by atoms with van der Waals surface area (Å²) in [6.07, 6.45) is 5.49. The molecule has 4 N–H and O–H groups in total. The third-order valence-electron chi connectivity index (χ3n) is 10.8. The van der Waals surface area contributed by atoms with Crippen LogP contribution >= 0.6 is 23.4 Å². The summed E-state index contributed by atoms with van der Waals surface area (Å²) in [5.41, 5.74) is 0.727. The molecule has 0 bridgehead atoms. The molecule has 58 heavy (non-hydrogen) atoms. The first-order chi connectivity index (χ1) is 28.2. The van der Waals surface area contributed by atoms with Gasteiger partial charge in [0.2, 0.25) is 11.8 Å². The van der Waals surface area contributed by atoms with Crippen LogP contribution in [0.5, 0.6) is 5.75 Å². The van der Waals surface area contributed by atoms with E-state index in [9.17, 15) is 19.5 Å². The number of rotatable bonds is 18. The molecule has 0 aliphatic carbocycles. The fourth-order valence-electron chi connectivity index (χ4n) is 7.87. The third-order valence-corrected chi connectivity index (χ3v) is 12.6. The highest BCUT2D eigenvalue weighted by atomic mass is 35.5. The number of carbonyl (C=O) groups excluding carboxylic acids is 3. The summed E-state index contributed by atoms with van der Waals surface area (Å²) in [7, 11) is 0. The number of phenols is 1. The lowest BCUT2D eigenvalue weighted by Crippen LogP contribution is -2.48. The average molecular weight is 834 g/mol. The highest BCUT2D eigenvalue weighted by molar-refractivity contribution is 8.00. The largest absolute Gasteiger partial charge is 0.508 e. The number of ether oxygens (including phenoxy) is 2. The number of carbonyl (C=O) groups is 3. The van der Waals surface area contributed by atoms with E-state index in [4.69, 9.17) is 31.0 Å². The number of thioether (sulfide) groups is 1. The average Bonchev–Trinajstić information content (AvgIpc) is 3.78. The topological polar surface area (TPSA) is 158 Å². The van der Waals surface area contributed by atoms with Crippen LogP contribution in [0.15, 0.2) is 55.1 Å². The van der Waals surface area contributed by atoms with E-state index in [1.165, 1.54) is 12.1 Å². The summed E-state index contributed by atoms with van der Waals surface area (Å²) < 4.78 is 28.3. The summed E-state index contributed by atoms with van der Waals surface area (Å²) in [6, 6.07) is 12.6. The first-order valence-corrected chi connectivity index (χ1v) is 21.3. The van der Waals surface area contributed by atoms with E-state index in [2.05, 4.69) is 22.5 Å². The standard InChI is InChI=1S/C42H49ClFN7O6S/c1-2-36(54)50-14-16-51(17-15-50)41-30-24-31(43)37(29-23-27(52)22-26-8-3-4-9-28(26)29)38(44)39(30)47-34(48-41)11-7-18-56-20-21-57-19-13-45-35(53)12-6-5-10-33-40-32(25-58-33)46-42(55)49-40/h2-4,8-9,22-24,32-33,40,52H,1,5-7,10-21,25H2,(H,45,53)(H2,46,49,55)/t32-,33-,40-/m0/s1. The number of urea groups is 1. The lowest BCUT2D eigenvalue weighted by molar-refractivity contribution is -0.126. The number of amides is 4. The van der Waals surface area contributed by atoms with Crippen molar-refractivity contribution in [1.29, 1.82) is 0 Å². The summed E-state index contributed by atoms with van der Waals surface area (Å²) >= 11 is 8.74. The quantitative estimate of drug-likeness (QED) is 0.0566. The van der Waals surface area contributed by atoms with Crippen LogP contribution in [0.2, 0.25) is 5.02 Å². The first-order valence-electron chi connectivity index (χ1n) is 19.9. The Balaban J connectivity index is 0.900. The number of nitrogens with one attached hydrogen (secondary N) is 3. The van der Waals surface area contributed by atoms with E-state index in [-0.39, 0.29) is 51.8 Å². The minimum atomic E-state index is -0.607. The van der Waals surface area contributed by atoms with Crippen LogP contribution < -0.4 is 20.9 Å². The molecule has 3 aliphatic rings. The van der Waals surface area contributed by atoms with Gasteiger partial charge in [-0.25, -0.2) is 19.2 Å². The Morgan fingerprint density at radius 2 is 1.81 bits per heavy atom. The molecule has 3 fully saturated rings. The SMILES string of the molecule is C=CC(=O)N1CCN(c2nc(CCCOCCOCCNC(=O)CCCC[C@@H]3SC[C@@H]4NC(=O)N[C@@H]43)nc3c(F)c(-c4cc(O)cc5ccccc45)c(Cl)cc23)CC1. The van der Waals surface area contributed by atoms with Crippen LogP contribution in [0.25, 0.3) is 32.8 Å². The number of hydrogen-bond donors (Lipinski definition) is 4. The number of aromatic nitrogens is 2. The van der Waals surface area contributed by atoms with Gasteiger partial charge < -0.3 is 40.3 Å². The highest BCUT2D eigenvalue weighted by Gasteiger charge is 2.42. The second-order valence-corrected chi connectivity index (χ2v) is 16.4. The maximum Gasteiger partial charge on any atom is 0.315 e. The van der Waals surface area contributed by atoms with Crippen LogP contribution in [0, 0.1) is 5.82 Å². The van der Waals surface area contributed by atoms with E-state index in [1.54, 1.807) is 17.0 Å². The summed E-state index contributed by atoms with van der Waals surface area (Å²) in [4.78, 5) is 49.4. The number of halogens is 2. The Bertz CT molecular complexity index is 2150. The molecule has 0 saturated carbocycles. The van der Waals surface area contributed by atoms with E-state index in [0.717, 1.165) is 35.8 Å². The van der Waals surface area contributed by atoms with Crippen molar-refractivity contribution in [2.75, 3.05) is 69.8 Å². The van der Waals surface area contributed by atoms with Crippen molar-refractivity contribution in [2.24, 2.45) is 0 Å². The lowest BCUT2D eigenvalue weighted by atomic mass is 9.96. The number of nitrogens with zero attached hydrogens (tertiary/aromatic N) is 4. The number of phenolic OH excluding ortho intramolecular Hbond substituents is 1. The van der Waals surface area contributed by atoms with Gasteiger partial charge in [0.1, 0.15) is 22.9 Å². The number of fused-ring (bicyclic) bond motifs is 3. The van der Waals surface area contributed by atoms with Gasteiger partial charge in [-0.15, -0.1) is 0 Å². The molecule has 4 aromatic rings. The normalized spacial score (nSPS) is 19.0. The molecule has 3 aliphatic heterocycles. The molecule has 0 spiro atoms. The van der Waals surface area contributed by atoms with Gasteiger partial charge in [-0.3, -0.25) is 9.59 Å². The van der Waals surface area contributed by atoms with Crippen molar-refractivity contribution >= 4 is 68.7 Å². The second kappa shape index (κ2) is 19.4. The van der Waals surface area contributed by atoms with E-state index >= 15 is 4.39 Å². The van der Waals surface area contributed by atoms with Crippen molar-refractivity contribution in [3.8, 4) is 16.9 Å². The van der Waals surface area contributed by atoms with Crippen LogP contribution in [0.3, 0.4) is 0 Å². The van der Waals surface area contributed by atoms with Crippen molar-refractivity contribution in [3.05, 3.63) is 71.8 Å². The van der Waals surface area contributed by atoms with E-state index in [0.29, 0.717) is 106 Å². The molecule has 3 atom stereocenters. The van der Waals surface area contributed by atoms with Gasteiger partial charge in [-0.05, 0) is 59.9 Å². The molecule has 16 heteroatoms. The zero-order valence-corrected chi connectivity index (χ0v) is 33.9. The molecule has 4 amide bonds. The molecule has 308 valence electrons. The van der Waals surface area contributed by atoms with Gasteiger partial charge in [-0.2, -0.15) is 11.8 Å². The van der Waals surface area contributed by atoms with Gasteiger partial charge in [0.25, 0.3) is 0 Å². The third kappa shape index (κ3) is 9.76. The zero-order valence-electron chi connectivity index (χ0n) is 32.3. The molecular weight excluding hydrogens is 785 g/mol. The molecule has 3 aromatic carbocycles. The number of aryl methyl sites for hydroxylation is 1. The smallest absolute Gasteiger partial charge is 0.315 e. The predicted octanol–water partition coefficient (Wildman–Crippen LogP) is 5.59. The number of piperazine rings is 1. The van der Waals surface area contributed by atoms with Crippen molar-refractivity contribution in [3.63, 3.8) is 0 Å². The molecule has 3 saturated heterocycles. The Morgan fingerprint density at radius 1 is 1.02 bits per heavy atom. The molecule has 0 unspecified atom stereocenters. The molecule has 13 nitrogen and oxygen atoms in total. The van der Waals surface area contributed by atoms with Crippen LogP contribution in [0.4, 0.5) is 15.0 Å². The number of anilines is 1. The summed E-state index contributed by atoms with van der Waals surface area (Å²) in [6.45, 7) is 7.44. The fraction of sp³-hybridized carbons (Fsp3) is 0.452. The zero-order chi connectivity index (χ0) is 40.6.